The summed E-state index contributed by atoms with van der Waals surface area (Å²) in [5, 5.41) is 0. The van der Waals surface area contributed by atoms with Gasteiger partial charge in [-0.2, -0.15) is 0 Å². The fraction of sp³-hybridized carbons (Fsp3) is 0.267. The number of benzene rings is 2. The van der Waals surface area contributed by atoms with E-state index in [9.17, 15) is 0 Å². The summed E-state index contributed by atoms with van der Waals surface area (Å²) in [5.41, 5.74) is 5.98. The molecule has 176 valence electrons. The molecule has 2 heterocycles. The van der Waals surface area contributed by atoms with Crippen molar-refractivity contribution in [3.8, 4) is 34.0 Å². The van der Waals surface area contributed by atoms with Crippen molar-refractivity contribution >= 4 is 0 Å². The number of aromatic nitrogens is 2. The molecule has 2 aromatic carbocycles. The van der Waals surface area contributed by atoms with E-state index in [-0.39, 0.29) is 31.9 Å². The first-order valence-corrected chi connectivity index (χ1v) is 11.3. The number of ether oxygens (including phenoxy) is 1. The van der Waals surface area contributed by atoms with Gasteiger partial charge >= 0.3 is 21.1 Å². The Balaban J connectivity index is 0.00000324. The summed E-state index contributed by atoms with van der Waals surface area (Å²) >= 11 is 0. The fourth-order valence-electron chi connectivity index (χ4n) is 3.86. The first kappa shape index (κ1) is 25.8. The SMILES string of the molecule is CC(C)(C)c1cccnc1-c1[c-]c(Oc2[c-]c(-c3ncccc3C(C)(C)C)ccc2)ccc1.[Pt+2]. The normalized spacial score (nSPS) is 11.6. The van der Waals surface area contributed by atoms with Crippen LogP contribution in [-0.4, -0.2) is 9.97 Å². The molecule has 2 aromatic heterocycles. The molecule has 0 aliphatic heterocycles. The second-order valence-electron chi connectivity index (χ2n) is 10.3. The molecule has 4 rings (SSSR count). The van der Waals surface area contributed by atoms with Crippen LogP contribution >= 0.6 is 0 Å². The van der Waals surface area contributed by atoms with E-state index < -0.39 is 0 Å². The minimum atomic E-state index is -0.0240. The van der Waals surface area contributed by atoms with Gasteiger partial charge in [0.1, 0.15) is 0 Å². The van der Waals surface area contributed by atoms with Gasteiger partial charge in [0.05, 0.1) is 0 Å². The monoisotopic (exact) mass is 629 g/mol. The summed E-state index contributed by atoms with van der Waals surface area (Å²) in [7, 11) is 0. The van der Waals surface area contributed by atoms with E-state index in [2.05, 4.69) is 75.8 Å². The van der Waals surface area contributed by atoms with Gasteiger partial charge in [-0.15, -0.1) is 47.5 Å². The standard InChI is InChI=1S/C30H30N2O.Pt/c1-29(2,3)25-15-9-17-31-27(25)21-11-7-13-23(19-21)33-24-14-8-12-22(20-24)28-26(30(4,5)6)16-10-18-32-28;/h7-18H,1-6H3;/q-2;+2. The number of hydrogen-bond donors (Lipinski definition) is 0. The quantitative estimate of drug-likeness (QED) is 0.216. The van der Waals surface area contributed by atoms with E-state index in [1.807, 2.05) is 60.9 Å². The Kier molecular flexibility index (Phi) is 7.78. The van der Waals surface area contributed by atoms with Gasteiger partial charge in [-0.3, -0.25) is 0 Å². The molecule has 0 saturated carbocycles. The number of nitrogens with zero attached hydrogens (tertiary/aromatic N) is 2. The maximum absolute atomic E-state index is 6.19. The van der Waals surface area contributed by atoms with Gasteiger partial charge in [0.2, 0.25) is 0 Å². The van der Waals surface area contributed by atoms with Crippen LogP contribution in [0.3, 0.4) is 0 Å². The van der Waals surface area contributed by atoms with Gasteiger partial charge in [0.25, 0.3) is 0 Å². The van der Waals surface area contributed by atoms with Crippen LogP contribution in [-0.2, 0) is 31.9 Å². The third kappa shape index (κ3) is 5.83. The van der Waals surface area contributed by atoms with E-state index in [1.54, 1.807) is 0 Å². The van der Waals surface area contributed by atoms with Crippen molar-refractivity contribution in [1.29, 1.82) is 0 Å². The van der Waals surface area contributed by atoms with Gasteiger partial charge in [-0.25, -0.2) is 0 Å². The van der Waals surface area contributed by atoms with Gasteiger partial charge in [-0.05, 0) is 34.4 Å². The Morgan fingerprint density at radius 3 is 1.38 bits per heavy atom. The van der Waals surface area contributed by atoms with Crippen LogP contribution in [0.1, 0.15) is 52.7 Å². The molecule has 0 bridgehead atoms. The van der Waals surface area contributed by atoms with E-state index in [1.165, 1.54) is 11.1 Å². The minimum absolute atomic E-state index is 0. The molecule has 0 unspecified atom stereocenters. The summed E-state index contributed by atoms with van der Waals surface area (Å²) < 4.78 is 6.19. The maximum Gasteiger partial charge on any atom is 2.00 e. The Bertz CT molecular complexity index is 1170. The second-order valence-corrected chi connectivity index (χ2v) is 10.3. The second kappa shape index (κ2) is 10.2. The molecular formula is C30H30N2OPt. The number of pyridine rings is 2. The predicted molar refractivity (Wildman–Crippen MR) is 134 cm³/mol. The van der Waals surface area contributed by atoms with Crippen molar-refractivity contribution in [2.24, 2.45) is 0 Å². The van der Waals surface area contributed by atoms with Crippen molar-refractivity contribution in [3.05, 3.63) is 96.3 Å². The molecule has 4 heteroatoms. The first-order chi connectivity index (χ1) is 15.6. The average molecular weight is 630 g/mol. The smallest absolute Gasteiger partial charge is 0.497 e. The summed E-state index contributed by atoms with van der Waals surface area (Å²) in [5.74, 6) is 1.26. The van der Waals surface area contributed by atoms with Crippen molar-refractivity contribution in [2.45, 2.75) is 52.4 Å². The van der Waals surface area contributed by atoms with Crippen LogP contribution in [0, 0.1) is 12.1 Å². The molecule has 3 nitrogen and oxygen atoms in total. The topological polar surface area (TPSA) is 35.0 Å². The molecule has 0 atom stereocenters. The van der Waals surface area contributed by atoms with Crippen LogP contribution in [0.5, 0.6) is 11.5 Å². The maximum atomic E-state index is 6.19. The van der Waals surface area contributed by atoms with Gasteiger partial charge < -0.3 is 14.7 Å². The molecule has 0 radical (unpaired) electrons. The fourth-order valence-corrected chi connectivity index (χ4v) is 3.86. The molecule has 0 N–H and O–H groups in total. The zero-order chi connectivity index (χ0) is 23.6. The van der Waals surface area contributed by atoms with E-state index >= 15 is 0 Å². The summed E-state index contributed by atoms with van der Waals surface area (Å²) in [4.78, 5) is 9.29. The molecule has 0 amide bonds. The van der Waals surface area contributed by atoms with E-state index in [0.29, 0.717) is 11.5 Å². The zero-order valence-electron chi connectivity index (χ0n) is 20.5. The zero-order valence-corrected chi connectivity index (χ0v) is 22.8. The molecule has 0 saturated heterocycles. The molecule has 4 aromatic rings. The molecule has 34 heavy (non-hydrogen) atoms. The van der Waals surface area contributed by atoms with Gasteiger partial charge in [0, 0.05) is 23.9 Å². The van der Waals surface area contributed by atoms with Crippen LogP contribution in [0.25, 0.3) is 22.5 Å². The van der Waals surface area contributed by atoms with Crippen molar-refractivity contribution in [1.82, 2.24) is 9.97 Å². The number of rotatable bonds is 4. The van der Waals surface area contributed by atoms with Crippen LogP contribution in [0.15, 0.2) is 73.1 Å². The summed E-state index contributed by atoms with van der Waals surface area (Å²) in [6.07, 6.45) is 3.64. The Labute approximate surface area is 217 Å². The molecular weight excluding hydrogens is 599 g/mol. The van der Waals surface area contributed by atoms with Crippen molar-refractivity contribution in [2.75, 3.05) is 0 Å². The largest absolute Gasteiger partial charge is 2.00 e. The Morgan fingerprint density at radius 1 is 0.588 bits per heavy atom. The summed E-state index contributed by atoms with van der Waals surface area (Å²) in [6.45, 7) is 13.2. The van der Waals surface area contributed by atoms with Crippen LogP contribution in [0.4, 0.5) is 0 Å². The van der Waals surface area contributed by atoms with E-state index in [4.69, 9.17) is 4.74 Å². The third-order valence-electron chi connectivity index (χ3n) is 5.50. The number of hydrogen-bond acceptors (Lipinski definition) is 3. The van der Waals surface area contributed by atoms with Crippen LogP contribution in [0.2, 0.25) is 0 Å². The average Bonchev–Trinajstić information content (AvgIpc) is 2.78. The molecule has 0 aliphatic rings. The predicted octanol–water partition coefficient (Wildman–Crippen LogP) is 7.80. The molecule has 0 fully saturated rings. The molecule has 0 spiro atoms. The Morgan fingerprint density at radius 2 is 1.00 bits per heavy atom. The van der Waals surface area contributed by atoms with Crippen LogP contribution < -0.4 is 4.74 Å². The van der Waals surface area contributed by atoms with Crippen molar-refractivity contribution < 1.29 is 25.8 Å². The van der Waals surface area contributed by atoms with Gasteiger partial charge in [-0.1, -0.05) is 76.9 Å². The third-order valence-corrected chi connectivity index (χ3v) is 5.50. The van der Waals surface area contributed by atoms with E-state index in [0.717, 1.165) is 22.5 Å². The summed E-state index contributed by atoms with van der Waals surface area (Å²) in [6, 6.07) is 26.8. The molecule has 0 aliphatic carbocycles. The Hall–Kier alpha value is -2.77. The van der Waals surface area contributed by atoms with Crippen molar-refractivity contribution in [3.63, 3.8) is 0 Å². The van der Waals surface area contributed by atoms with Gasteiger partial charge in [0.15, 0.2) is 0 Å². The first-order valence-electron chi connectivity index (χ1n) is 11.3. The minimum Gasteiger partial charge on any atom is -0.497 e.